The fraction of sp³-hybridized carbons (Fsp3) is 0.308. The van der Waals surface area contributed by atoms with Gasteiger partial charge in [0.05, 0.1) is 0 Å². The van der Waals surface area contributed by atoms with Crippen LogP contribution in [0.25, 0.3) is 0 Å². The molecule has 1 atom stereocenters. The Morgan fingerprint density at radius 1 is 1.35 bits per heavy atom. The number of aryl methyl sites for hydroxylation is 1. The molecule has 1 aromatic carbocycles. The van der Waals surface area contributed by atoms with E-state index >= 15 is 0 Å². The molecule has 0 aromatic heterocycles. The van der Waals surface area contributed by atoms with Gasteiger partial charge in [-0.15, -0.1) is 0 Å². The molecule has 0 bridgehead atoms. The first-order valence-corrected chi connectivity index (χ1v) is 6.22. The van der Waals surface area contributed by atoms with Gasteiger partial charge in [0.15, 0.2) is 5.17 Å². The lowest BCUT2D eigenvalue weighted by Gasteiger charge is -2.27. The average molecular weight is 250 g/mol. The fourth-order valence-electron chi connectivity index (χ4n) is 2.05. The van der Waals surface area contributed by atoms with Gasteiger partial charge in [-0.05, 0) is 37.3 Å². The number of aliphatic imine (C=N–C) groups is 1. The summed E-state index contributed by atoms with van der Waals surface area (Å²) in [7, 11) is 0. The van der Waals surface area contributed by atoms with Crippen molar-refractivity contribution in [2.45, 2.75) is 26.3 Å². The molecule has 2 rings (SSSR count). The van der Waals surface area contributed by atoms with E-state index in [0.29, 0.717) is 16.3 Å². The van der Waals surface area contributed by atoms with Gasteiger partial charge in [0.25, 0.3) is 0 Å². The van der Waals surface area contributed by atoms with E-state index in [1.807, 2.05) is 26.0 Å². The van der Waals surface area contributed by atoms with E-state index in [1.165, 1.54) is 11.8 Å². The van der Waals surface area contributed by atoms with Crippen LogP contribution < -0.4 is 5.73 Å². The van der Waals surface area contributed by atoms with Gasteiger partial charge in [-0.3, -0.25) is 0 Å². The van der Waals surface area contributed by atoms with E-state index < -0.39 is 5.54 Å². The Hall–Kier alpha value is -1.29. The van der Waals surface area contributed by atoms with Crippen molar-refractivity contribution >= 4 is 16.9 Å². The monoisotopic (exact) mass is 250 g/mol. The van der Waals surface area contributed by atoms with Gasteiger partial charge in [-0.2, -0.15) is 0 Å². The Balaban J connectivity index is 2.59. The quantitative estimate of drug-likeness (QED) is 0.830. The first-order chi connectivity index (χ1) is 7.92. The minimum atomic E-state index is -0.699. The highest BCUT2D eigenvalue weighted by molar-refractivity contribution is 8.17. The van der Waals surface area contributed by atoms with E-state index in [1.54, 1.807) is 19.1 Å². The molecule has 2 N–H and O–H groups in total. The summed E-state index contributed by atoms with van der Waals surface area (Å²) in [6, 6.07) is 5.36. The maximum Gasteiger partial charge on any atom is 0.159 e. The third-order valence-electron chi connectivity index (χ3n) is 2.83. The second-order valence-corrected chi connectivity index (χ2v) is 5.66. The predicted molar refractivity (Wildman–Crippen MR) is 71.5 cm³/mol. The van der Waals surface area contributed by atoms with Crippen LogP contribution in [0.4, 0.5) is 4.39 Å². The second kappa shape index (κ2) is 4.18. The standard InChI is InChI=1S/C13H15FN2S/c1-8-5-4-6-10(11(8)14)13(3)7-9(2)17-12(15)16-13/h4-7H,1-3H3,(H2,15,16)/t13-/m0/s1. The van der Waals surface area contributed by atoms with Gasteiger partial charge >= 0.3 is 0 Å². The molecule has 0 saturated carbocycles. The molecular weight excluding hydrogens is 235 g/mol. The van der Waals surface area contributed by atoms with Crippen molar-refractivity contribution in [1.82, 2.24) is 0 Å². The molecule has 1 aliphatic heterocycles. The van der Waals surface area contributed by atoms with Gasteiger partial charge in [-0.1, -0.05) is 30.0 Å². The van der Waals surface area contributed by atoms with Crippen LogP contribution in [-0.4, -0.2) is 5.17 Å². The number of benzene rings is 1. The van der Waals surface area contributed by atoms with E-state index in [2.05, 4.69) is 4.99 Å². The van der Waals surface area contributed by atoms with Crippen LogP contribution in [0.5, 0.6) is 0 Å². The largest absolute Gasteiger partial charge is 0.378 e. The van der Waals surface area contributed by atoms with Crippen molar-refractivity contribution in [3.8, 4) is 0 Å². The van der Waals surface area contributed by atoms with Crippen molar-refractivity contribution < 1.29 is 4.39 Å². The van der Waals surface area contributed by atoms with E-state index in [-0.39, 0.29) is 5.82 Å². The Labute approximate surface area is 105 Å². The first-order valence-electron chi connectivity index (χ1n) is 5.40. The number of nitrogens with zero attached hydrogens (tertiary/aromatic N) is 1. The van der Waals surface area contributed by atoms with Gasteiger partial charge in [0.1, 0.15) is 11.4 Å². The van der Waals surface area contributed by atoms with Crippen LogP contribution in [0.1, 0.15) is 25.0 Å². The highest BCUT2D eigenvalue weighted by atomic mass is 32.2. The number of thioether (sulfide) groups is 1. The van der Waals surface area contributed by atoms with Crippen LogP contribution >= 0.6 is 11.8 Å². The minimum Gasteiger partial charge on any atom is -0.378 e. The maximum absolute atomic E-state index is 14.1. The van der Waals surface area contributed by atoms with Gasteiger partial charge in [0.2, 0.25) is 0 Å². The summed E-state index contributed by atoms with van der Waals surface area (Å²) in [6.07, 6.45) is 1.95. The topological polar surface area (TPSA) is 38.4 Å². The van der Waals surface area contributed by atoms with Crippen molar-refractivity contribution in [3.63, 3.8) is 0 Å². The summed E-state index contributed by atoms with van der Waals surface area (Å²) in [6.45, 7) is 5.59. The molecule has 2 nitrogen and oxygen atoms in total. The molecule has 1 aliphatic rings. The molecule has 90 valence electrons. The zero-order chi connectivity index (χ0) is 12.6. The van der Waals surface area contributed by atoms with Gasteiger partial charge in [0, 0.05) is 5.56 Å². The van der Waals surface area contributed by atoms with Crippen molar-refractivity contribution in [3.05, 3.63) is 46.1 Å². The SMILES string of the molecule is CC1=C[C@@](C)(c2cccc(C)c2F)N=C(N)S1. The maximum atomic E-state index is 14.1. The zero-order valence-corrected chi connectivity index (χ0v) is 10.9. The number of hydrogen-bond donors (Lipinski definition) is 1. The lowest BCUT2D eigenvalue weighted by Crippen LogP contribution is -2.26. The molecule has 4 heteroatoms. The van der Waals surface area contributed by atoms with Gasteiger partial charge < -0.3 is 5.73 Å². The molecule has 17 heavy (non-hydrogen) atoms. The van der Waals surface area contributed by atoms with Crippen LogP contribution in [0.3, 0.4) is 0 Å². The third kappa shape index (κ3) is 2.22. The lowest BCUT2D eigenvalue weighted by molar-refractivity contribution is 0.539. The zero-order valence-electron chi connectivity index (χ0n) is 10.1. The summed E-state index contributed by atoms with van der Waals surface area (Å²) in [4.78, 5) is 5.42. The number of allylic oxidation sites excluding steroid dienone is 1. The highest BCUT2D eigenvalue weighted by Crippen LogP contribution is 2.37. The number of rotatable bonds is 1. The Morgan fingerprint density at radius 3 is 2.71 bits per heavy atom. The Bertz CT molecular complexity index is 502. The molecule has 0 aliphatic carbocycles. The summed E-state index contributed by atoms with van der Waals surface area (Å²) in [5, 5.41) is 0.480. The van der Waals surface area contributed by atoms with Crippen molar-refractivity contribution in [2.75, 3.05) is 0 Å². The van der Waals surface area contributed by atoms with Crippen LogP contribution in [-0.2, 0) is 5.54 Å². The van der Waals surface area contributed by atoms with Crippen molar-refractivity contribution in [2.24, 2.45) is 10.7 Å². The summed E-state index contributed by atoms with van der Waals surface area (Å²) in [5.41, 5.74) is 6.27. The molecular formula is C13H15FN2S. The number of nitrogens with two attached hydrogens (primary N) is 1. The highest BCUT2D eigenvalue weighted by Gasteiger charge is 2.30. The Kier molecular flexibility index (Phi) is 3.00. The Morgan fingerprint density at radius 2 is 2.06 bits per heavy atom. The van der Waals surface area contributed by atoms with Crippen LogP contribution in [0.2, 0.25) is 0 Å². The third-order valence-corrected chi connectivity index (χ3v) is 3.57. The molecule has 1 aromatic rings. The summed E-state index contributed by atoms with van der Waals surface area (Å²) < 4.78 is 14.1. The van der Waals surface area contributed by atoms with Gasteiger partial charge in [-0.25, -0.2) is 9.38 Å². The molecule has 1 heterocycles. The van der Waals surface area contributed by atoms with E-state index in [9.17, 15) is 4.39 Å². The first kappa shape index (κ1) is 12.2. The minimum absolute atomic E-state index is 0.206. The molecule has 0 amide bonds. The number of halogens is 1. The molecule has 0 radical (unpaired) electrons. The summed E-state index contributed by atoms with van der Waals surface area (Å²) in [5.74, 6) is -0.206. The van der Waals surface area contributed by atoms with E-state index in [4.69, 9.17) is 5.73 Å². The lowest BCUT2D eigenvalue weighted by atomic mass is 9.90. The molecule has 0 fully saturated rings. The smallest absolute Gasteiger partial charge is 0.159 e. The second-order valence-electron chi connectivity index (χ2n) is 4.39. The fourth-order valence-corrected chi connectivity index (χ4v) is 2.90. The summed E-state index contributed by atoms with van der Waals surface area (Å²) >= 11 is 1.41. The van der Waals surface area contributed by atoms with Crippen LogP contribution in [0.15, 0.2) is 34.2 Å². The van der Waals surface area contributed by atoms with Crippen LogP contribution in [0, 0.1) is 12.7 Å². The number of hydrogen-bond acceptors (Lipinski definition) is 3. The predicted octanol–water partition coefficient (Wildman–Crippen LogP) is 3.31. The normalized spacial score (nSPS) is 24.2. The molecule has 0 unspecified atom stereocenters. The number of amidine groups is 1. The van der Waals surface area contributed by atoms with E-state index in [0.717, 1.165) is 4.91 Å². The molecule has 0 saturated heterocycles. The molecule has 0 spiro atoms. The average Bonchev–Trinajstić information content (AvgIpc) is 2.19. The van der Waals surface area contributed by atoms with Crippen molar-refractivity contribution in [1.29, 1.82) is 0 Å².